The number of phenols is 2. The van der Waals surface area contributed by atoms with Gasteiger partial charge in [-0.05, 0) is 26.0 Å². The lowest BCUT2D eigenvalue weighted by Gasteiger charge is -2.11. The summed E-state index contributed by atoms with van der Waals surface area (Å²) in [5.41, 5.74) is 4.38. The SMILES string of the molecule is CC(C)(O)CN.Oc1ccccc1O. The number of phenolic OH excluding ortho intramolecular Hbond substituents is 2. The Labute approximate surface area is 83.6 Å². The van der Waals surface area contributed by atoms with Crippen molar-refractivity contribution in [2.75, 3.05) is 6.54 Å². The van der Waals surface area contributed by atoms with Crippen molar-refractivity contribution in [2.24, 2.45) is 5.73 Å². The van der Waals surface area contributed by atoms with Gasteiger partial charge in [-0.1, -0.05) is 12.1 Å². The predicted octanol–water partition coefficient (Wildman–Crippen LogP) is 0.814. The highest BCUT2D eigenvalue weighted by atomic mass is 16.3. The number of rotatable bonds is 1. The van der Waals surface area contributed by atoms with Gasteiger partial charge < -0.3 is 21.1 Å². The number of benzene rings is 1. The second-order valence-electron chi connectivity index (χ2n) is 3.51. The fourth-order valence-electron chi connectivity index (χ4n) is 0.464. The van der Waals surface area contributed by atoms with E-state index in [1.165, 1.54) is 12.1 Å². The van der Waals surface area contributed by atoms with Crippen LogP contribution < -0.4 is 5.73 Å². The number of hydrogen-bond donors (Lipinski definition) is 4. The minimum absolute atomic E-state index is 0.0764. The molecule has 0 heterocycles. The van der Waals surface area contributed by atoms with Gasteiger partial charge in [-0.2, -0.15) is 0 Å². The van der Waals surface area contributed by atoms with E-state index in [0.29, 0.717) is 6.54 Å². The van der Waals surface area contributed by atoms with E-state index in [-0.39, 0.29) is 11.5 Å². The Morgan fingerprint density at radius 3 is 1.57 bits per heavy atom. The second-order valence-corrected chi connectivity index (χ2v) is 3.51. The molecular formula is C10H17NO3. The Morgan fingerprint density at radius 2 is 1.43 bits per heavy atom. The molecule has 80 valence electrons. The van der Waals surface area contributed by atoms with Gasteiger partial charge >= 0.3 is 0 Å². The van der Waals surface area contributed by atoms with Crippen molar-refractivity contribution in [1.82, 2.24) is 0 Å². The lowest BCUT2D eigenvalue weighted by atomic mass is 10.1. The maximum absolute atomic E-state index is 8.70. The average Bonchev–Trinajstić information content (AvgIpc) is 2.10. The predicted molar refractivity (Wildman–Crippen MR) is 55.1 cm³/mol. The van der Waals surface area contributed by atoms with Gasteiger partial charge in [0.2, 0.25) is 0 Å². The van der Waals surface area contributed by atoms with Crippen molar-refractivity contribution in [2.45, 2.75) is 19.4 Å². The third-order valence-corrected chi connectivity index (χ3v) is 1.38. The number of aromatic hydroxyl groups is 2. The van der Waals surface area contributed by atoms with Crippen molar-refractivity contribution >= 4 is 0 Å². The van der Waals surface area contributed by atoms with E-state index in [1.54, 1.807) is 26.0 Å². The van der Waals surface area contributed by atoms with E-state index in [0.717, 1.165) is 0 Å². The van der Waals surface area contributed by atoms with E-state index in [2.05, 4.69) is 0 Å². The fraction of sp³-hybridized carbons (Fsp3) is 0.400. The van der Waals surface area contributed by atoms with Gasteiger partial charge in [0.15, 0.2) is 11.5 Å². The monoisotopic (exact) mass is 199 g/mol. The molecular weight excluding hydrogens is 182 g/mol. The van der Waals surface area contributed by atoms with E-state index < -0.39 is 5.60 Å². The van der Waals surface area contributed by atoms with Gasteiger partial charge in [0.1, 0.15) is 0 Å². The van der Waals surface area contributed by atoms with E-state index in [9.17, 15) is 0 Å². The van der Waals surface area contributed by atoms with Crippen LogP contribution in [0.4, 0.5) is 0 Å². The molecule has 0 amide bonds. The first-order valence-corrected chi connectivity index (χ1v) is 4.26. The molecule has 0 aliphatic heterocycles. The first-order valence-electron chi connectivity index (χ1n) is 4.26. The molecule has 0 aromatic heterocycles. The van der Waals surface area contributed by atoms with Crippen LogP contribution >= 0.6 is 0 Å². The normalized spacial score (nSPS) is 10.3. The molecule has 1 aromatic carbocycles. The standard InChI is InChI=1S/C6H6O2.C4H11NO/c7-5-3-1-2-4-6(5)8;1-4(2,6)3-5/h1-4,7-8H;6H,3,5H2,1-2H3. The van der Waals surface area contributed by atoms with Crippen LogP contribution in [0.25, 0.3) is 0 Å². The number of aliphatic hydroxyl groups is 1. The molecule has 0 atom stereocenters. The van der Waals surface area contributed by atoms with Crippen molar-refractivity contribution in [3.63, 3.8) is 0 Å². The Morgan fingerprint density at radius 1 is 1.14 bits per heavy atom. The highest BCUT2D eigenvalue weighted by Crippen LogP contribution is 2.21. The summed E-state index contributed by atoms with van der Waals surface area (Å²) < 4.78 is 0. The van der Waals surface area contributed by atoms with Crippen LogP contribution in [0.15, 0.2) is 24.3 Å². The maximum atomic E-state index is 8.70. The van der Waals surface area contributed by atoms with Gasteiger partial charge in [0, 0.05) is 6.54 Å². The fourth-order valence-corrected chi connectivity index (χ4v) is 0.464. The molecule has 1 aromatic rings. The summed E-state index contributed by atoms with van der Waals surface area (Å²) in [6, 6.07) is 6.15. The van der Waals surface area contributed by atoms with Gasteiger partial charge in [-0.3, -0.25) is 0 Å². The van der Waals surface area contributed by atoms with Gasteiger partial charge in [-0.15, -0.1) is 0 Å². The van der Waals surface area contributed by atoms with Crippen LogP contribution in [0.5, 0.6) is 11.5 Å². The number of para-hydroxylation sites is 2. The summed E-state index contributed by atoms with van der Waals surface area (Å²) in [7, 11) is 0. The molecule has 0 fully saturated rings. The van der Waals surface area contributed by atoms with Crippen LogP contribution in [0.2, 0.25) is 0 Å². The van der Waals surface area contributed by atoms with Crippen molar-refractivity contribution < 1.29 is 15.3 Å². The number of hydrogen-bond acceptors (Lipinski definition) is 4. The number of nitrogens with two attached hydrogens (primary N) is 1. The Bertz CT molecular complexity index is 247. The molecule has 4 heteroatoms. The minimum Gasteiger partial charge on any atom is -0.504 e. The largest absolute Gasteiger partial charge is 0.504 e. The van der Waals surface area contributed by atoms with Crippen LogP contribution in [-0.2, 0) is 0 Å². The van der Waals surface area contributed by atoms with Crippen LogP contribution in [0.1, 0.15) is 13.8 Å². The Balaban J connectivity index is 0.000000255. The molecule has 1 rings (SSSR count). The Hall–Kier alpha value is -1.26. The topological polar surface area (TPSA) is 86.7 Å². The molecule has 0 bridgehead atoms. The molecule has 0 radical (unpaired) electrons. The summed E-state index contributed by atoms with van der Waals surface area (Å²) in [6.07, 6.45) is 0. The highest BCUT2D eigenvalue weighted by Gasteiger charge is 2.06. The van der Waals surface area contributed by atoms with Gasteiger partial charge in [0.25, 0.3) is 0 Å². The third-order valence-electron chi connectivity index (χ3n) is 1.38. The quantitative estimate of drug-likeness (QED) is 0.504. The lowest BCUT2D eigenvalue weighted by molar-refractivity contribution is 0.0898. The molecule has 5 N–H and O–H groups in total. The zero-order valence-corrected chi connectivity index (χ0v) is 8.44. The third kappa shape index (κ3) is 6.28. The molecule has 0 spiro atoms. The van der Waals surface area contributed by atoms with Crippen LogP contribution in [0.3, 0.4) is 0 Å². The average molecular weight is 199 g/mol. The zero-order valence-electron chi connectivity index (χ0n) is 8.44. The highest BCUT2D eigenvalue weighted by molar-refractivity contribution is 5.36. The maximum Gasteiger partial charge on any atom is 0.157 e. The smallest absolute Gasteiger partial charge is 0.157 e. The van der Waals surface area contributed by atoms with Crippen LogP contribution in [0, 0.1) is 0 Å². The van der Waals surface area contributed by atoms with Crippen molar-refractivity contribution in [3.8, 4) is 11.5 Å². The van der Waals surface area contributed by atoms with Crippen molar-refractivity contribution in [3.05, 3.63) is 24.3 Å². The summed E-state index contributed by atoms with van der Waals surface area (Å²) in [5, 5.41) is 26.0. The first-order chi connectivity index (χ1) is 6.37. The molecule has 0 aliphatic carbocycles. The van der Waals surface area contributed by atoms with E-state index in [1.807, 2.05) is 0 Å². The summed E-state index contributed by atoms with van der Waals surface area (Å²) >= 11 is 0. The molecule has 14 heavy (non-hydrogen) atoms. The Kier molecular flexibility index (Phi) is 4.97. The van der Waals surface area contributed by atoms with E-state index in [4.69, 9.17) is 21.1 Å². The summed E-state index contributed by atoms with van der Waals surface area (Å²) in [6.45, 7) is 3.67. The van der Waals surface area contributed by atoms with Crippen LogP contribution in [-0.4, -0.2) is 27.5 Å². The lowest BCUT2D eigenvalue weighted by Crippen LogP contribution is -2.29. The summed E-state index contributed by atoms with van der Waals surface area (Å²) in [5.74, 6) is -0.153. The minimum atomic E-state index is -0.681. The second kappa shape index (κ2) is 5.47. The molecule has 0 saturated carbocycles. The summed E-state index contributed by atoms with van der Waals surface area (Å²) in [4.78, 5) is 0. The molecule has 0 saturated heterocycles. The molecule has 0 aliphatic rings. The zero-order chi connectivity index (χ0) is 11.2. The molecule has 0 unspecified atom stereocenters. The van der Waals surface area contributed by atoms with E-state index >= 15 is 0 Å². The first kappa shape index (κ1) is 12.7. The van der Waals surface area contributed by atoms with Gasteiger partial charge in [0.05, 0.1) is 5.60 Å². The van der Waals surface area contributed by atoms with Gasteiger partial charge in [-0.25, -0.2) is 0 Å². The van der Waals surface area contributed by atoms with Crippen molar-refractivity contribution in [1.29, 1.82) is 0 Å². The molecule has 4 nitrogen and oxygen atoms in total.